The van der Waals surface area contributed by atoms with Crippen LogP contribution in [0.25, 0.3) is 16.9 Å². The van der Waals surface area contributed by atoms with E-state index in [2.05, 4.69) is 26.7 Å². The summed E-state index contributed by atoms with van der Waals surface area (Å²) in [5.41, 5.74) is 4.49. The van der Waals surface area contributed by atoms with Crippen molar-refractivity contribution in [1.82, 2.24) is 29.9 Å². The molecule has 8 nitrogen and oxygen atoms in total. The molecule has 1 aliphatic rings. The minimum absolute atomic E-state index is 0.103. The van der Waals surface area contributed by atoms with Gasteiger partial charge in [0.2, 0.25) is 5.91 Å². The van der Waals surface area contributed by atoms with Crippen molar-refractivity contribution in [2.24, 2.45) is 0 Å². The summed E-state index contributed by atoms with van der Waals surface area (Å²) in [6.07, 6.45) is 5.03. The number of benzene rings is 3. The van der Waals surface area contributed by atoms with Crippen molar-refractivity contribution in [2.75, 3.05) is 0 Å². The van der Waals surface area contributed by atoms with Crippen LogP contribution in [0.4, 0.5) is 0 Å². The van der Waals surface area contributed by atoms with Crippen molar-refractivity contribution in [3.63, 3.8) is 0 Å². The fourth-order valence-electron chi connectivity index (χ4n) is 5.20. The Morgan fingerprint density at radius 2 is 1.82 bits per heavy atom. The lowest BCUT2D eigenvalue weighted by molar-refractivity contribution is -0.125. The van der Waals surface area contributed by atoms with Gasteiger partial charge in [-0.05, 0) is 47.7 Å². The molecule has 0 fully saturated rings. The number of aryl methyl sites for hydroxylation is 1. The first-order valence-corrected chi connectivity index (χ1v) is 13.6. The predicted molar refractivity (Wildman–Crippen MR) is 154 cm³/mol. The molecule has 0 saturated heterocycles. The molecule has 2 heterocycles. The van der Waals surface area contributed by atoms with E-state index in [1.807, 2.05) is 48.5 Å². The van der Waals surface area contributed by atoms with Gasteiger partial charge in [-0.25, -0.2) is 9.67 Å². The topological polar surface area (TPSA) is 94.7 Å². The molecule has 1 amide bonds. The molecule has 200 valence electrons. The van der Waals surface area contributed by atoms with Gasteiger partial charge >= 0.3 is 0 Å². The van der Waals surface area contributed by atoms with Crippen LogP contribution in [0, 0.1) is 0 Å². The van der Waals surface area contributed by atoms with Crippen LogP contribution in [0.15, 0.2) is 96.2 Å². The molecule has 6 rings (SSSR count). The molecule has 0 bridgehead atoms. The van der Waals surface area contributed by atoms with Crippen LogP contribution >= 0.6 is 23.2 Å². The molecule has 0 aliphatic heterocycles. The van der Waals surface area contributed by atoms with Crippen LogP contribution in [0.3, 0.4) is 0 Å². The highest BCUT2D eigenvalue weighted by molar-refractivity contribution is 6.31. The Morgan fingerprint density at radius 1 is 1.02 bits per heavy atom. The van der Waals surface area contributed by atoms with E-state index >= 15 is 0 Å². The van der Waals surface area contributed by atoms with E-state index in [1.165, 1.54) is 27.2 Å². The fraction of sp³-hybridized carbons (Fsp3) is 0.167. The second-order valence-electron chi connectivity index (χ2n) is 9.67. The summed E-state index contributed by atoms with van der Waals surface area (Å²) in [5.74, 6) is -0.233. The Kier molecular flexibility index (Phi) is 7.19. The number of carbonyl (C=O) groups is 1. The quantitative estimate of drug-likeness (QED) is 0.283. The van der Waals surface area contributed by atoms with Gasteiger partial charge in [-0.15, -0.1) is 5.10 Å². The molecule has 0 spiro atoms. The van der Waals surface area contributed by atoms with Gasteiger partial charge in [-0.3, -0.25) is 14.2 Å². The van der Waals surface area contributed by atoms with Crippen LogP contribution in [0.2, 0.25) is 10.2 Å². The van der Waals surface area contributed by atoms with E-state index in [9.17, 15) is 9.59 Å². The standard InChI is InChI=1S/C30H24Cl2N6O2/c31-21-11-13-26(38-17-28(32)35-36-38)23(15-21)25-16-29(39)37(18-33-25)27(14-19-6-2-1-3-7-19)30(40)34-24-12-10-20-8-4-5-9-22(20)24/h1-9,11,13,15-18,24,27H,10,12,14H2,(H,34,40). The maximum absolute atomic E-state index is 13.8. The lowest BCUT2D eigenvalue weighted by Gasteiger charge is -2.23. The van der Waals surface area contributed by atoms with Crippen LogP contribution in [-0.2, 0) is 17.6 Å². The number of nitrogens with one attached hydrogen (secondary N) is 1. The highest BCUT2D eigenvalue weighted by Crippen LogP contribution is 2.32. The van der Waals surface area contributed by atoms with E-state index < -0.39 is 6.04 Å². The molecular formula is C30H24Cl2N6O2. The highest BCUT2D eigenvalue weighted by Gasteiger charge is 2.29. The van der Waals surface area contributed by atoms with E-state index in [-0.39, 0.29) is 22.7 Å². The minimum atomic E-state index is -0.794. The average molecular weight is 571 g/mol. The SMILES string of the molecule is O=C(NC1CCc2ccccc21)C(Cc1ccccc1)n1cnc(-c2cc(Cl)ccc2-n2cc(Cl)nn2)cc1=O. The zero-order valence-corrected chi connectivity index (χ0v) is 22.8. The number of nitrogens with zero attached hydrogens (tertiary/aromatic N) is 5. The van der Waals surface area contributed by atoms with Crippen LogP contribution in [0.5, 0.6) is 0 Å². The summed E-state index contributed by atoms with van der Waals surface area (Å²) in [6, 6.07) is 23.4. The molecule has 2 atom stereocenters. The third kappa shape index (κ3) is 5.28. The molecule has 0 saturated carbocycles. The number of hydrogen-bond acceptors (Lipinski definition) is 5. The van der Waals surface area contributed by atoms with Gasteiger partial charge in [-0.1, -0.05) is 83.0 Å². The van der Waals surface area contributed by atoms with Crippen molar-refractivity contribution < 1.29 is 4.79 Å². The fourth-order valence-corrected chi connectivity index (χ4v) is 5.49. The second-order valence-corrected chi connectivity index (χ2v) is 10.5. The summed E-state index contributed by atoms with van der Waals surface area (Å²) < 4.78 is 2.88. The summed E-state index contributed by atoms with van der Waals surface area (Å²) >= 11 is 12.3. The Labute approximate surface area is 240 Å². The first-order chi connectivity index (χ1) is 19.5. The third-order valence-electron chi connectivity index (χ3n) is 7.14. The summed E-state index contributed by atoms with van der Waals surface area (Å²) in [6.45, 7) is 0. The van der Waals surface area contributed by atoms with Gasteiger partial charge in [0.25, 0.3) is 5.56 Å². The molecule has 2 unspecified atom stereocenters. The number of amides is 1. The minimum Gasteiger partial charge on any atom is -0.347 e. The smallest absolute Gasteiger partial charge is 0.254 e. The molecule has 0 radical (unpaired) electrons. The molecule has 1 aliphatic carbocycles. The Bertz CT molecular complexity index is 1750. The lowest BCUT2D eigenvalue weighted by atomic mass is 10.0. The highest BCUT2D eigenvalue weighted by atomic mass is 35.5. The van der Waals surface area contributed by atoms with Gasteiger partial charge in [0.05, 0.1) is 29.9 Å². The van der Waals surface area contributed by atoms with Crippen molar-refractivity contribution in [3.8, 4) is 16.9 Å². The van der Waals surface area contributed by atoms with Gasteiger partial charge in [0.1, 0.15) is 6.04 Å². The van der Waals surface area contributed by atoms with Crippen molar-refractivity contribution in [1.29, 1.82) is 0 Å². The second kappa shape index (κ2) is 11.1. The Morgan fingerprint density at radius 3 is 2.60 bits per heavy atom. The van der Waals surface area contributed by atoms with Crippen molar-refractivity contribution in [2.45, 2.75) is 31.3 Å². The first-order valence-electron chi connectivity index (χ1n) is 12.8. The number of halogens is 2. The Balaban J connectivity index is 1.36. The maximum atomic E-state index is 13.8. The van der Waals surface area contributed by atoms with E-state index in [1.54, 1.807) is 24.4 Å². The number of hydrogen-bond donors (Lipinski definition) is 1. The summed E-state index contributed by atoms with van der Waals surface area (Å²) in [4.78, 5) is 31.9. The molecule has 2 aromatic heterocycles. The molecule has 1 N–H and O–H groups in total. The molecule has 3 aromatic carbocycles. The number of rotatable bonds is 7. The maximum Gasteiger partial charge on any atom is 0.254 e. The van der Waals surface area contributed by atoms with Crippen molar-refractivity contribution in [3.05, 3.63) is 129 Å². The normalized spacial score (nSPS) is 15.0. The van der Waals surface area contributed by atoms with E-state index in [0.717, 1.165) is 24.0 Å². The average Bonchev–Trinajstić information content (AvgIpc) is 3.58. The first kappa shape index (κ1) is 26.0. The zero-order valence-electron chi connectivity index (χ0n) is 21.2. The van der Waals surface area contributed by atoms with Gasteiger partial charge < -0.3 is 5.32 Å². The number of carbonyl (C=O) groups excluding carboxylic acids is 1. The molecule has 40 heavy (non-hydrogen) atoms. The summed E-state index contributed by atoms with van der Waals surface area (Å²) in [7, 11) is 0. The van der Waals surface area contributed by atoms with Crippen molar-refractivity contribution >= 4 is 29.1 Å². The lowest BCUT2D eigenvalue weighted by Crippen LogP contribution is -2.39. The van der Waals surface area contributed by atoms with Crippen LogP contribution in [0.1, 0.15) is 35.2 Å². The number of fused-ring (bicyclic) bond motifs is 1. The summed E-state index contributed by atoms with van der Waals surface area (Å²) in [5, 5.41) is 11.8. The van der Waals surface area contributed by atoms with E-state index in [0.29, 0.717) is 28.4 Å². The molecule has 5 aromatic rings. The monoisotopic (exact) mass is 570 g/mol. The Hall–Kier alpha value is -4.27. The number of aromatic nitrogens is 5. The van der Waals surface area contributed by atoms with Gasteiger partial charge in [0, 0.05) is 23.1 Å². The van der Waals surface area contributed by atoms with Crippen LogP contribution < -0.4 is 10.9 Å². The molecule has 10 heteroatoms. The zero-order chi connectivity index (χ0) is 27.6. The predicted octanol–water partition coefficient (Wildman–Crippen LogP) is 5.39. The van der Waals surface area contributed by atoms with E-state index in [4.69, 9.17) is 23.2 Å². The molecular weight excluding hydrogens is 547 g/mol. The third-order valence-corrected chi connectivity index (χ3v) is 7.55. The van der Waals surface area contributed by atoms with Gasteiger partial charge in [-0.2, -0.15) is 0 Å². The van der Waals surface area contributed by atoms with Crippen LogP contribution in [-0.4, -0.2) is 30.5 Å². The van der Waals surface area contributed by atoms with Gasteiger partial charge in [0.15, 0.2) is 5.15 Å². The largest absolute Gasteiger partial charge is 0.347 e.